The maximum Gasteiger partial charge on any atom is 0.251 e. The van der Waals surface area contributed by atoms with Crippen molar-refractivity contribution < 1.29 is 9.59 Å². The molecule has 7 heteroatoms. The molecule has 4 nitrogen and oxygen atoms in total. The molecule has 25 heavy (non-hydrogen) atoms. The quantitative estimate of drug-likeness (QED) is 0.548. The Morgan fingerprint density at radius 2 is 1.64 bits per heavy atom. The van der Waals surface area contributed by atoms with Crippen LogP contribution in [0.1, 0.15) is 17.3 Å². The third kappa shape index (κ3) is 6.27. The molecule has 0 heterocycles. The Balaban J connectivity index is 1.72. The normalized spacial score (nSPS) is 11.6. The molecule has 0 aliphatic heterocycles. The van der Waals surface area contributed by atoms with Crippen LogP contribution >= 0.6 is 35.0 Å². The second-order valence-corrected chi connectivity index (χ2v) is 7.47. The summed E-state index contributed by atoms with van der Waals surface area (Å²) in [6, 6.07) is 14.0. The van der Waals surface area contributed by atoms with Gasteiger partial charge in [-0.15, -0.1) is 11.8 Å². The lowest BCUT2D eigenvalue weighted by molar-refractivity contribution is -0.120. The number of thioether (sulfide) groups is 1. The fraction of sp³-hybridized carbons (Fsp3) is 0.222. The summed E-state index contributed by atoms with van der Waals surface area (Å²) in [4.78, 5) is 24.9. The zero-order valence-corrected chi connectivity index (χ0v) is 15.9. The van der Waals surface area contributed by atoms with Gasteiger partial charge in [-0.2, -0.15) is 0 Å². The van der Waals surface area contributed by atoms with E-state index in [-0.39, 0.29) is 17.1 Å². The summed E-state index contributed by atoms with van der Waals surface area (Å²) in [5.74, 6) is -0.310. The first-order chi connectivity index (χ1) is 12.0. The number of benzene rings is 2. The zero-order chi connectivity index (χ0) is 18.2. The molecule has 2 aromatic rings. The van der Waals surface area contributed by atoms with Gasteiger partial charge in [0.1, 0.15) is 0 Å². The molecule has 2 amide bonds. The van der Waals surface area contributed by atoms with Crippen LogP contribution in [0.3, 0.4) is 0 Å². The number of carbonyl (C=O) groups excluding carboxylic acids is 2. The Hall–Kier alpha value is -1.69. The van der Waals surface area contributed by atoms with Gasteiger partial charge in [-0.1, -0.05) is 35.3 Å². The van der Waals surface area contributed by atoms with Crippen LogP contribution in [0.4, 0.5) is 0 Å². The van der Waals surface area contributed by atoms with E-state index in [0.29, 0.717) is 28.7 Å². The summed E-state index contributed by atoms with van der Waals surface area (Å²) >= 11 is 13.3. The monoisotopic (exact) mass is 396 g/mol. The summed E-state index contributed by atoms with van der Waals surface area (Å²) in [7, 11) is 0. The van der Waals surface area contributed by atoms with Crippen molar-refractivity contribution in [2.45, 2.75) is 17.1 Å². The van der Waals surface area contributed by atoms with Crippen LogP contribution in [0.15, 0.2) is 53.4 Å². The van der Waals surface area contributed by atoms with E-state index in [1.54, 1.807) is 30.3 Å². The first-order valence-corrected chi connectivity index (χ1v) is 9.33. The van der Waals surface area contributed by atoms with Gasteiger partial charge in [-0.25, -0.2) is 0 Å². The van der Waals surface area contributed by atoms with Crippen LogP contribution in [-0.2, 0) is 4.79 Å². The van der Waals surface area contributed by atoms with E-state index in [2.05, 4.69) is 10.6 Å². The molecule has 0 spiro atoms. The lowest BCUT2D eigenvalue weighted by Crippen LogP contribution is -2.37. The predicted molar refractivity (Wildman–Crippen MR) is 104 cm³/mol. The lowest BCUT2D eigenvalue weighted by Gasteiger charge is -2.13. The average Bonchev–Trinajstić information content (AvgIpc) is 2.60. The van der Waals surface area contributed by atoms with E-state index in [0.717, 1.165) is 4.90 Å². The highest BCUT2D eigenvalue weighted by Gasteiger charge is 2.15. The first kappa shape index (κ1) is 19.6. The second-order valence-electron chi connectivity index (χ2n) is 5.24. The van der Waals surface area contributed by atoms with Crippen molar-refractivity contribution in [3.63, 3.8) is 0 Å². The van der Waals surface area contributed by atoms with Crippen molar-refractivity contribution in [1.29, 1.82) is 0 Å². The van der Waals surface area contributed by atoms with E-state index in [9.17, 15) is 9.59 Å². The van der Waals surface area contributed by atoms with Crippen molar-refractivity contribution in [1.82, 2.24) is 10.6 Å². The summed E-state index contributed by atoms with van der Waals surface area (Å²) in [6.07, 6.45) is 0. The molecule has 0 saturated heterocycles. The number of carbonyl (C=O) groups is 2. The van der Waals surface area contributed by atoms with Crippen molar-refractivity contribution in [3.8, 4) is 0 Å². The van der Waals surface area contributed by atoms with Gasteiger partial charge in [0, 0.05) is 28.6 Å². The van der Waals surface area contributed by atoms with Crippen LogP contribution in [0, 0.1) is 0 Å². The number of nitrogens with one attached hydrogen (secondary N) is 2. The van der Waals surface area contributed by atoms with Crippen LogP contribution < -0.4 is 10.6 Å². The van der Waals surface area contributed by atoms with Crippen molar-refractivity contribution in [2.75, 3.05) is 13.1 Å². The van der Waals surface area contributed by atoms with E-state index < -0.39 is 0 Å². The van der Waals surface area contributed by atoms with Crippen molar-refractivity contribution in [2.24, 2.45) is 0 Å². The third-order valence-electron chi connectivity index (χ3n) is 3.33. The summed E-state index contributed by atoms with van der Waals surface area (Å²) in [5, 5.41) is 6.47. The molecule has 132 valence electrons. The summed E-state index contributed by atoms with van der Waals surface area (Å²) in [6.45, 7) is 2.51. The Kier molecular flexibility index (Phi) is 7.62. The minimum absolute atomic E-state index is 0.106. The average molecular weight is 397 g/mol. The van der Waals surface area contributed by atoms with Gasteiger partial charge in [0.2, 0.25) is 5.91 Å². The molecule has 1 unspecified atom stereocenters. The van der Waals surface area contributed by atoms with Crippen LogP contribution in [-0.4, -0.2) is 30.2 Å². The molecule has 0 bridgehead atoms. The molecule has 2 aromatic carbocycles. The topological polar surface area (TPSA) is 58.2 Å². The van der Waals surface area contributed by atoms with Gasteiger partial charge < -0.3 is 10.6 Å². The molecule has 0 saturated carbocycles. The maximum absolute atomic E-state index is 12.1. The molecule has 2 rings (SSSR count). The lowest BCUT2D eigenvalue weighted by atomic mass is 10.2. The Morgan fingerprint density at radius 3 is 2.32 bits per heavy atom. The Bertz CT molecular complexity index is 738. The van der Waals surface area contributed by atoms with Gasteiger partial charge in [-0.05, 0) is 43.3 Å². The highest BCUT2D eigenvalue weighted by atomic mass is 35.5. The van der Waals surface area contributed by atoms with E-state index >= 15 is 0 Å². The Labute approximate surface area is 161 Å². The largest absolute Gasteiger partial charge is 0.353 e. The molecule has 0 aliphatic rings. The number of halogens is 2. The van der Waals surface area contributed by atoms with Gasteiger partial charge >= 0.3 is 0 Å². The maximum atomic E-state index is 12.1. The van der Waals surface area contributed by atoms with Gasteiger partial charge in [0.25, 0.3) is 5.91 Å². The molecular formula is C18H18Cl2N2O2S. The third-order valence-corrected chi connectivity index (χ3v) is 5.20. The summed E-state index contributed by atoms with van der Waals surface area (Å²) in [5.41, 5.74) is 0.526. The SMILES string of the molecule is CC(Sc1ccccc1Cl)C(=O)NCCNC(=O)c1ccc(Cl)cc1. The highest BCUT2D eigenvalue weighted by molar-refractivity contribution is 8.00. The van der Waals surface area contributed by atoms with Gasteiger partial charge in [0.15, 0.2) is 0 Å². The predicted octanol–water partition coefficient (Wildman–Crippen LogP) is 4.02. The van der Waals surface area contributed by atoms with E-state index in [1.165, 1.54) is 11.8 Å². The fourth-order valence-electron chi connectivity index (χ4n) is 1.99. The minimum Gasteiger partial charge on any atom is -0.353 e. The minimum atomic E-state index is -0.285. The number of rotatable bonds is 7. The van der Waals surface area contributed by atoms with Gasteiger partial charge in [0.05, 0.1) is 10.3 Å². The number of hydrogen-bond acceptors (Lipinski definition) is 3. The smallest absolute Gasteiger partial charge is 0.251 e. The molecule has 2 N–H and O–H groups in total. The molecular weight excluding hydrogens is 379 g/mol. The first-order valence-electron chi connectivity index (χ1n) is 7.70. The van der Waals surface area contributed by atoms with E-state index in [1.807, 2.05) is 25.1 Å². The summed E-state index contributed by atoms with van der Waals surface area (Å²) < 4.78 is 0. The number of amides is 2. The second kappa shape index (κ2) is 9.70. The van der Waals surface area contributed by atoms with Crippen LogP contribution in [0.25, 0.3) is 0 Å². The van der Waals surface area contributed by atoms with Crippen molar-refractivity contribution in [3.05, 3.63) is 64.1 Å². The fourth-order valence-corrected chi connectivity index (χ4v) is 3.30. The van der Waals surface area contributed by atoms with Crippen LogP contribution in [0.2, 0.25) is 10.0 Å². The molecule has 0 aliphatic carbocycles. The number of hydrogen-bond donors (Lipinski definition) is 2. The standard InChI is InChI=1S/C18H18Cl2N2O2S/c1-12(25-16-5-3-2-4-15(16)20)17(23)21-10-11-22-18(24)13-6-8-14(19)9-7-13/h2-9,12H,10-11H2,1H3,(H,21,23)(H,22,24). The zero-order valence-electron chi connectivity index (χ0n) is 13.6. The van der Waals surface area contributed by atoms with Crippen molar-refractivity contribution >= 4 is 46.8 Å². The van der Waals surface area contributed by atoms with Gasteiger partial charge in [-0.3, -0.25) is 9.59 Å². The van der Waals surface area contributed by atoms with E-state index in [4.69, 9.17) is 23.2 Å². The molecule has 0 aromatic heterocycles. The highest BCUT2D eigenvalue weighted by Crippen LogP contribution is 2.29. The molecule has 0 fully saturated rings. The molecule has 0 radical (unpaired) electrons. The Morgan fingerprint density at radius 1 is 1.00 bits per heavy atom. The molecule has 1 atom stereocenters. The van der Waals surface area contributed by atoms with Crippen LogP contribution in [0.5, 0.6) is 0 Å².